The van der Waals surface area contributed by atoms with Crippen molar-refractivity contribution in [3.63, 3.8) is 0 Å². The second kappa shape index (κ2) is 3.66. The SMILES string of the molecule is CC(c1nnc(I)s1)n1cncn1. The highest BCUT2D eigenvalue weighted by Crippen LogP contribution is 2.21. The first-order valence-corrected chi connectivity index (χ1v) is 5.50. The third kappa shape index (κ3) is 1.85. The number of hydrogen-bond donors (Lipinski definition) is 0. The molecule has 0 saturated heterocycles. The van der Waals surface area contributed by atoms with E-state index in [2.05, 4.69) is 42.9 Å². The van der Waals surface area contributed by atoms with Crippen molar-refractivity contribution < 1.29 is 0 Å². The molecule has 0 N–H and O–H groups in total. The van der Waals surface area contributed by atoms with E-state index in [-0.39, 0.29) is 6.04 Å². The maximum absolute atomic E-state index is 4.04. The van der Waals surface area contributed by atoms with Gasteiger partial charge in [0.15, 0.2) is 3.01 Å². The Bertz CT molecular complexity index is 383. The van der Waals surface area contributed by atoms with E-state index in [0.717, 1.165) is 8.02 Å². The summed E-state index contributed by atoms with van der Waals surface area (Å²) in [5, 5.41) is 13.0. The summed E-state index contributed by atoms with van der Waals surface area (Å²) in [6.45, 7) is 2.02. The molecule has 2 rings (SSSR count). The third-order valence-electron chi connectivity index (χ3n) is 1.61. The normalized spacial score (nSPS) is 13.1. The van der Waals surface area contributed by atoms with Crippen molar-refractivity contribution in [3.05, 3.63) is 20.7 Å². The predicted molar refractivity (Wildman–Crippen MR) is 56.5 cm³/mol. The van der Waals surface area contributed by atoms with E-state index < -0.39 is 0 Å². The average Bonchev–Trinajstić information content (AvgIpc) is 2.72. The lowest BCUT2D eigenvalue weighted by Gasteiger charge is -2.05. The molecule has 1 atom stereocenters. The van der Waals surface area contributed by atoms with Crippen LogP contribution in [0.25, 0.3) is 0 Å². The second-order valence-electron chi connectivity index (χ2n) is 2.44. The highest BCUT2D eigenvalue weighted by atomic mass is 127. The van der Waals surface area contributed by atoms with Gasteiger partial charge in [0.05, 0.1) is 0 Å². The zero-order chi connectivity index (χ0) is 9.26. The molecule has 7 heteroatoms. The van der Waals surface area contributed by atoms with Crippen LogP contribution in [0.5, 0.6) is 0 Å². The lowest BCUT2D eigenvalue weighted by Crippen LogP contribution is -2.06. The highest BCUT2D eigenvalue weighted by molar-refractivity contribution is 14.1. The van der Waals surface area contributed by atoms with E-state index in [4.69, 9.17) is 0 Å². The average molecular weight is 307 g/mol. The van der Waals surface area contributed by atoms with Gasteiger partial charge in [-0.25, -0.2) is 9.67 Å². The van der Waals surface area contributed by atoms with E-state index in [1.54, 1.807) is 22.3 Å². The summed E-state index contributed by atoms with van der Waals surface area (Å²) in [5.41, 5.74) is 0. The molecule has 0 bridgehead atoms. The largest absolute Gasteiger partial charge is 0.243 e. The first-order valence-electron chi connectivity index (χ1n) is 3.60. The molecule has 2 aromatic rings. The van der Waals surface area contributed by atoms with E-state index in [9.17, 15) is 0 Å². The van der Waals surface area contributed by atoms with Gasteiger partial charge in [0, 0.05) is 0 Å². The predicted octanol–water partition coefficient (Wildman–Crippen LogP) is 1.34. The first kappa shape index (κ1) is 9.00. The summed E-state index contributed by atoms with van der Waals surface area (Å²) in [7, 11) is 0. The van der Waals surface area contributed by atoms with Gasteiger partial charge in [0.1, 0.15) is 23.7 Å². The van der Waals surface area contributed by atoms with E-state index in [1.165, 1.54) is 6.33 Å². The Kier molecular flexibility index (Phi) is 2.54. The molecule has 0 fully saturated rings. The number of halogens is 1. The van der Waals surface area contributed by atoms with Gasteiger partial charge < -0.3 is 0 Å². The van der Waals surface area contributed by atoms with Crippen LogP contribution < -0.4 is 0 Å². The van der Waals surface area contributed by atoms with Crippen molar-refractivity contribution >= 4 is 33.9 Å². The zero-order valence-electron chi connectivity index (χ0n) is 6.75. The molecule has 68 valence electrons. The third-order valence-corrected chi connectivity index (χ3v) is 3.37. The summed E-state index contributed by atoms with van der Waals surface area (Å²) in [6.07, 6.45) is 3.20. The van der Waals surface area contributed by atoms with Gasteiger partial charge in [-0.15, -0.1) is 10.2 Å². The van der Waals surface area contributed by atoms with Gasteiger partial charge in [-0.2, -0.15) is 5.10 Å². The van der Waals surface area contributed by atoms with Gasteiger partial charge in [-0.05, 0) is 29.5 Å². The lowest BCUT2D eigenvalue weighted by atomic mass is 10.4. The summed E-state index contributed by atoms with van der Waals surface area (Å²) < 4.78 is 2.70. The second-order valence-corrected chi connectivity index (χ2v) is 5.21. The van der Waals surface area contributed by atoms with E-state index in [0.29, 0.717) is 0 Å². The molecule has 0 saturated carbocycles. The van der Waals surface area contributed by atoms with Crippen molar-refractivity contribution in [2.45, 2.75) is 13.0 Å². The topological polar surface area (TPSA) is 56.5 Å². The fourth-order valence-electron chi connectivity index (χ4n) is 0.915. The molecule has 13 heavy (non-hydrogen) atoms. The van der Waals surface area contributed by atoms with Crippen molar-refractivity contribution in [2.24, 2.45) is 0 Å². The molecule has 0 radical (unpaired) electrons. The summed E-state index contributed by atoms with van der Waals surface area (Å²) in [4.78, 5) is 3.88. The van der Waals surface area contributed by atoms with Crippen LogP contribution in [-0.4, -0.2) is 25.0 Å². The fraction of sp³-hybridized carbons (Fsp3) is 0.333. The van der Waals surface area contributed by atoms with Crippen LogP contribution in [0.4, 0.5) is 0 Å². The Balaban J connectivity index is 2.28. The molecular formula is C6H6IN5S. The van der Waals surface area contributed by atoms with Crippen molar-refractivity contribution in [1.29, 1.82) is 0 Å². The standard InChI is InChI=1S/C6H6IN5S/c1-4(12-3-8-2-9-12)5-10-11-6(7)13-5/h2-4H,1H3. The highest BCUT2D eigenvalue weighted by Gasteiger charge is 2.12. The molecular weight excluding hydrogens is 301 g/mol. The Labute approximate surface area is 92.4 Å². The summed E-state index contributed by atoms with van der Waals surface area (Å²) in [5.74, 6) is 0. The molecule has 0 aliphatic carbocycles. The van der Waals surface area contributed by atoms with Crippen LogP contribution in [0.1, 0.15) is 18.0 Å². The fourth-order valence-corrected chi connectivity index (χ4v) is 2.31. The molecule has 5 nitrogen and oxygen atoms in total. The van der Waals surface area contributed by atoms with Crippen LogP contribution in [-0.2, 0) is 0 Å². The minimum Gasteiger partial charge on any atom is -0.243 e. The van der Waals surface area contributed by atoms with E-state index >= 15 is 0 Å². The van der Waals surface area contributed by atoms with Crippen molar-refractivity contribution in [2.75, 3.05) is 0 Å². The molecule has 0 aliphatic heterocycles. The summed E-state index contributed by atoms with van der Waals surface area (Å²) in [6, 6.07) is 0.114. The maximum Gasteiger partial charge on any atom is 0.178 e. The van der Waals surface area contributed by atoms with Gasteiger partial charge in [-0.3, -0.25) is 0 Å². The Morgan fingerprint density at radius 2 is 2.38 bits per heavy atom. The molecule has 1 unspecified atom stereocenters. The van der Waals surface area contributed by atoms with E-state index in [1.807, 2.05) is 6.92 Å². The molecule has 2 heterocycles. The van der Waals surface area contributed by atoms with Crippen LogP contribution >= 0.6 is 33.9 Å². The van der Waals surface area contributed by atoms with Crippen molar-refractivity contribution in [1.82, 2.24) is 25.0 Å². The van der Waals surface area contributed by atoms with Crippen LogP contribution in [0.2, 0.25) is 0 Å². The molecule has 0 spiro atoms. The number of hydrogen-bond acceptors (Lipinski definition) is 5. The molecule has 0 amide bonds. The quantitative estimate of drug-likeness (QED) is 0.786. The molecule has 2 aromatic heterocycles. The Hall–Kier alpha value is -0.570. The van der Waals surface area contributed by atoms with Gasteiger partial charge in [0.2, 0.25) is 0 Å². The minimum absolute atomic E-state index is 0.114. The summed E-state index contributed by atoms with van der Waals surface area (Å²) >= 11 is 3.72. The van der Waals surface area contributed by atoms with Gasteiger partial charge in [0.25, 0.3) is 0 Å². The first-order chi connectivity index (χ1) is 6.27. The Morgan fingerprint density at radius 3 is 2.92 bits per heavy atom. The molecule has 0 aromatic carbocycles. The van der Waals surface area contributed by atoms with Gasteiger partial charge >= 0.3 is 0 Å². The number of aromatic nitrogens is 5. The van der Waals surface area contributed by atoms with Crippen LogP contribution in [0, 0.1) is 3.01 Å². The minimum atomic E-state index is 0.114. The Morgan fingerprint density at radius 1 is 1.54 bits per heavy atom. The van der Waals surface area contributed by atoms with Crippen molar-refractivity contribution in [3.8, 4) is 0 Å². The smallest absolute Gasteiger partial charge is 0.178 e. The molecule has 0 aliphatic rings. The van der Waals surface area contributed by atoms with Crippen LogP contribution in [0.3, 0.4) is 0 Å². The maximum atomic E-state index is 4.04. The monoisotopic (exact) mass is 307 g/mol. The van der Waals surface area contributed by atoms with Crippen LogP contribution in [0.15, 0.2) is 12.7 Å². The number of rotatable bonds is 2. The van der Waals surface area contributed by atoms with Gasteiger partial charge in [-0.1, -0.05) is 11.3 Å². The zero-order valence-corrected chi connectivity index (χ0v) is 9.73. The lowest BCUT2D eigenvalue weighted by molar-refractivity contribution is 0.556. The number of nitrogens with zero attached hydrogens (tertiary/aromatic N) is 5.